The van der Waals surface area contributed by atoms with Gasteiger partial charge in [-0.15, -0.1) is 11.3 Å². The van der Waals surface area contributed by atoms with E-state index in [1.165, 1.54) is 21.7 Å². The first-order valence-electron chi connectivity index (χ1n) is 5.75. The Hall–Kier alpha value is -1.61. The molecule has 0 amide bonds. The van der Waals surface area contributed by atoms with E-state index in [2.05, 4.69) is 59.2 Å². The van der Waals surface area contributed by atoms with Crippen LogP contribution in [0.25, 0.3) is 0 Å². The molecule has 1 aromatic heterocycles. The topological polar surface area (TPSA) is 24.4 Å². The molecule has 3 heteroatoms. The summed E-state index contributed by atoms with van der Waals surface area (Å²) < 4.78 is 0. The van der Waals surface area contributed by atoms with Gasteiger partial charge in [0, 0.05) is 6.42 Å². The fourth-order valence-corrected chi connectivity index (χ4v) is 2.76. The Morgan fingerprint density at radius 3 is 2.76 bits per heavy atom. The van der Waals surface area contributed by atoms with Gasteiger partial charge in [0.25, 0.3) is 0 Å². The molecule has 1 N–H and O–H groups in total. The van der Waals surface area contributed by atoms with Gasteiger partial charge in [-0.2, -0.15) is 5.10 Å². The molecule has 3 rings (SSSR count). The van der Waals surface area contributed by atoms with Gasteiger partial charge >= 0.3 is 0 Å². The lowest BCUT2D eigenvalue weighted by Gasteiger charge is -2.09. The minimum Gasteiger partial charge on any atom is -0.302 e. The molecule has 0 aliphatic carbocycles. The molecule has 1 aliphatic rings. The van der Waals surface area contributed by atoms with Crippen molar-refractivity contribution in [2.24, 2.45) is 5.10 Å². The van der Waals surface area contributed by atoms with E-state index in [0.717, 1.165) is 6.42 Å². The van der Waals surface area contributed by atoms with Crippen molar-refractivity contribution in [3.63, 3.8) is 0 Å². The highest BCUT2D eigenvalue weighted by Crippen LogP contribution is 2.26. The maximum Gasteiger partial charge on any atom is 0.0799 e. The van der Waals surface area contributed by atoms with Crippen molar-refractivity contribution in [1.29, 1.82) is 0 Å². The highest BCUT2D eigenvalue weighted by Gasteiger charge is 2.21. The molecule has 2 aromatic rings. The first-order chi connectivity index (χ1) is 8.33. The first-order valence-corrected chi connectivity index (χ1v) is 6.63. The monoisotopic (exact) mass is 242 g/mol. The molecular formula is C14H14N2S. The van der Waals surface area contributed by atoms with Crippen molar-refractivity contribution in [2.45, 2.75) is 19.4 Å². The number of hydrazone groups is 1. The predicted octanol–water partition coefficient (Wildman–Crippen LogP) is 3.50. The summed E-state index contributed by atoms with van der Waals surface area (Å²) in [5.74, 6) is 0. The molecule has 0 spiro atoms. The van der Waals surface area contributed by atoms with Crippen LogP contribution in [0.2, 0.25) is 0 Å². The number of rotatable bonds is 2. The molecule has 2 nitrogen and oxygen atoms in total. The van der Waals surface area contributed by atoms with Crippen molar-refractivity contribution >= 4 is 17.0 Å². The Bertz CT molecular complexity index is 526. The third-order valence-corrected chi connectivity index (χ3v) is 3.96. The van der Waals surface area contributed by atoms with E-state index < -0.39 is 0 Å². The van der Waals surface area contributed by atoms with Crippen LogP contribution in [-0.2, 0) is 0 Å². The summed E-state index contributed by atoms with van der Waals surface area (Å²) in [7, 11) is 0. The summed E-state index contributed by atoms with van der Waals surface area (Å²) >= 11 is 1.75. The van der Waals surface area contributed by atoms with Gasteiger partial charge in [0.15, 0.2) is 0 Å². The van der Waals surface area contributed by atoms with Gasteiger partial charge in [0.2, 0.25) is 0 Å². The molecule has 17 heavy (non-hydrogen) atoms. The Kier molecular flexibility index (Phi) is 2.69. The van der Waals surface area contributed by atoms with Crippen molar-refractivity contribution in [3.05, 3.63) is 57.8 Å². The van der Waals surface area contributed by atoms with Crippen LogP contribution in [0.3, 0.4) is 0 Å². The molecule has 86 valence electrons. The second-order valence-corrected chi connectivity index (χ2v) is 5.28. The summed E-state index contributed by atoms with van der Waals surface area (Å²) in [6, 6.07) is 13.2. The van der Waals surface area contributed by atoms with Crippen LogP contribution in [-0.4, -0.2) is 5.71 Å². The lowest BCUT2D eigenvalue weighted by atomic mass is 10.0. The predicted molar refractivity (Wildman–Crippen MR) is 72.5 cm³/mol. The van der Waals surface area contributed by atoms with E-state index in [1.807, 2.05) is 0 Å². The van der Waals surface area contributed by atoms with Crippen LogP contribution in [0.4, 0.5) is 0 Å². The van der Waals surface area contributed by atoms with E-state index in [0.29, 0.717) is 6.04 Å². The van der Waals surface area contributed by atoms with Gasteiger partial charge < -0.3 is 5.43 Å². The molecule has 0 saturated heterocycles. The number of thiophene rings is 1. The lowest BCUT2D eigenvalue weighted by Crippen LogP contribution is -2.09. The van der Waals surface area contributed by atoms with Gasteiger partial charge in [0.05, 0.1) is 16.6 Å². The molecule has 0 saturated carbocycles. The average Bonchev–Trinajstić information content (AvgIpc) is 3.00. The van der Waals surface area contributed by atoms with Crippen LogP contribution < -0.4 is 5.43 Å². The molecule has 2 heterocycles. The fourth-order valence-electron chi connectivity index (χ4n) is 2.03. The van der Waals surface area contributed by atoms with Crippen molar-refractivity contribution in [1.82, 2.24) is 5.43 Å². The second kappa shape index (κ2) is 4.34. The van der Waals surface area contributed by atoms with Crippen LogP contribution in [0.1, 0.15) is 28.5 Å². The van der Waals surface area contributed by atoms with E-state index in [-0.39, 0.29) is 0 Å². The number of nitrogens with zero attached hydrogens (tertiary/aromatic N) is 1. The molecule has 0 bridgehead atoms. The van der Waals surface area contributed by atoms with Crippen LogP contribution in [0.15, 0.2) is 46.9 Å². The highest BCUT2D eigenvalue weighted by atomic mass is 32.1. The molecule has 0 fully saturated rings. The quantitative estimate of drug-likeness (QED) is 0.856. The summed E-state index contributed by atoms with van der Waals surface area (Å²) in [6.07, 6.45) is 0.976. The zero-order chi connectivity index (χ0) is 11.7. The van der Waals surface area contributed by atoms with Gasteiger partial charge in [-0.05, 0) is 23.9 Å². The zero-order valence-electron chi connectivity index (χ0n) is 9.68. The number of hydrogen-bond acceptors (Lipinski definition) is 3. The Morgan fingerprint density at radius 1 is 1.24 bits per heavy atom. The lowest BCUT2D eigenvalue weighted by molar-refractivity contribution is 0.620. The molecule has 1 aliphatic heterocycles. The van der Waals surface area contributed by atoms with E-state index in [9.17, 15) is 0 Å². The third-order valence-electron chi connectivity index (χ3n) is 3.04. The third kappa shape index (κ3) is 2.11. The van der Waals surface area contributed by atoms with Crippen molar-refractivity contribution < 1.29 is 0 Å². The normalized spacial score (nSPS) is 18.9. The number of hydrogen-bond donors (Lipinski definition) is 1. The van der Waals surface area contributed by atoms with Gasteiger partial charge in [0.1, 0.15) is 0 Å². The zero-order valence-corrected chi connectivity index (χ0v) is 10.5. The largest absolute Gasteiger partial charge is 0.302 e. The Labute approximate surface area is 105 Å². The summed E-state index contributed by atoms with van der Waals surface area (Å²) in [5.41, 5.74) is 7.01. The van der Waals surface area contributed by atoms with Crippen LogP contribution >= 0.6 is 11.3 Å². The number of nitrogens with one attached hydrogen (secondary N) is 1. The van der Waals surface area contributed by atoms with Crippen LogP contribution in [0.5, 0.6) is 0 Å². The van der Waals surface area contributed by atoms with Crippen molar-refractivity contribution in [3.8, 4) is 0 Å². The van der Waals surface area contributed by atoms with Gasteiger partial charge in [-0.1, -0.05) is 35.9 Å². The minimum absolute atomic E-state index is 0.327. The highest BCUT2D eigenvalue weighted by molar-refractivity contribution is 7.12. The maximum absolute atomic E-state index is 4.44. The number of aryl methyl sites for hydroxylation is 1. The second-order valence-electron chi connectivity index (χ2n) is 4.33. The maximum atomic E-state index is 4.44. The Balaban J connectivity index is 1.76. The van der Waals surface area contributed by atoms with E-state index >= 15 is 0 Å². The molecule has 0 radical (unpaired) electrons. The first kappa shape index (κ1) is 10.5. The smallest absolute Gasteiger partial charge is 0.0799 e. The minimum atomic E-state index is 0.327. The van der Waals surface area contributed by atoms with Crippen LogP contribution in [0, 0.1) is 6.92 Å². The van der Waals surface area contributed by atoms with Gasteiger partial charge in [-0.25, -0.2) is 0 Å². The molecule has 1 atom stereocenters. The van der Waals surface area contributed by atoms with E-state index in [4.69, 9.17) is 0 Å². The average molecular weight is 242 g/mol. The SMILES string of the molecule is Cc1ccc(C2CC(c3cccs3)=NN2)cc1. The van der Waals surface area contributed by atoms with Crippen molar-refractivity contribution in [2.75, 3.05) is 0 Å². The Morgan fingerprint density at radius 2 is 2.06 bits per heavy atom. The molecular weight excluding hydrogens is 228 g/mol. The fraction of sp³-hybridized carbons (Fsp3) is 0.214. The summed E-state index contributed by atoms with van der Waals surface area (Å²) in [4.78, 5) is 1.27. The number of benzene rings is 1. The van der Waals surface area contributed by atoms with Gasteiger partial charge in [-0.3, -0.25) is 0 Å². The van der Waals surface area contributed by atoms with E-state index in [1.54, 1.807) is 11.3 Å². The summed E-state index contributed by atoms with van der Waals surface area (Å²) in [6.45, 7) is 2.11. The standard InChI is InChI=1S/C14H14N2S/c1-10-4-6-11(7-5-10)12-9-13(16-15-12)14-3-2-8-17-14/h2-8,12,15H,9H2,1H3. The summed E-state index contributed by atoms with van der Waals surface area (Å²) in [5, 5.41) is 6.53. The molecule has 1 unspecified atom stereocenters. The molecule has 1 aromatic carbocycles.